The number of carbonyl (C=O) groups is 1. The third-order valence-corrected chi connectivity index (χ3v) is 2.80. The minimum atomic E-state index is -0.460. The molecule has 0 radical (unpaired) electrons. The Bertz CT molecular complexity index is 405. The zero-order valence-electron chi connectivity index (χ0n) is 9.57. The van der Waals surface area contributed by atoms with E-state index in [1.165, 1.54) is 12.1 Å². The molecule has 0 aliphatic heterocycles. The minimum absolute atomic E-state index is 0.181. The molecule has 0 spiro atoms. The Hall–Kier alpha value is -1.49. The summed E-state index contributed by atoms with van der Waals surface area (Å²) in [4.78, 5) is 11.7. The van der Waals surface area contributed by atoms with Gasteiger partial charge >= 0.3 is 0 Å². The number of nitrogens with two attached hydrogens (primary N) is 1. The average molecular weight is 254 g/mol. The maximum atomic E-state index is 12.6. The maximum absolute atomic E-state index is 12.6. The van der Waals surface area contributed by atoms with E-state index >= 15 is 0 Å². The van der Waals surface area contributed by atoms with Crippen LogP contribution < -0.4 is 11.1 Å². The first-order chi connectivity index (χ1) is 8.00. The van der Waals surface area contributed by atoms with E-state index in [2.05, 4.69) is 5.32 Å². The van der Waals surface area contributed by atoms with E-state index in [-0.39, 0.29) is 16.7 Å². The van der Waals surface area contributed by atoms with Gasteiger partial charge in [-0.15, -0.1) is 0 Å². The third-order valence-electron chi connectivity index (χ3n) is 2.45. The summed E-state index contributed by atoms with van der Waals surface area (Å²) in [5.41, 5.74) is 6.33. The normalized spacial score (nSPS) is 11.9. The number of carbonyl (C=O) groups excluding carboxylic acids is 1. The number of amides is 1. The van der Waals surface area contributed by atoms with Crippen molar-refractivity contribution < 1.29 is 9.18 Å². The third kappa shape index (κ3) is 4.48. The highest BCUT2D eigenvalue weighted by Gasteiger charge is 2.14. The number of thiocarbonyl (C=S) groups is 1. The van der Waals surface area contributed by atoms with Gasteiger partial charge in [-0.25, -0.2) is 4.39 Å². The first-order valence-electron chi connectivity index (χ1n) is 5.32. The smallest absolute Gasteiger partial charge is 0.229 e. The van der Waals surface area contributed by atoms with Crippen LogP contribution in [0.1, 0.15) is 12.5 Å². The van der Waals surface area contributed by atoms with E-state index in [0.717, 1.165) is 5.56 Å². The molecule has 1 aromatic carbocycles. The first kappa shape index (κ1) is 13.6. The van der Waals surface area contributed by atoms with Crippen molar-refractivity contribution in [2.45, 2.75) is 13.3 Å². The molecule has 0 heterocycles. The van der Waals surface area contributed by atoms with E-state index < -0.39 is 5.92 Å². The molecular weight excluding hydrogens is 239 g/mol. The molecule has 0 saturated heterocycles. The first-order valence-corrected chi connectivity index (χ1v) is 5.73. The van der Waals surface area contributed by atoms with Crippen molar-refractivity contribution in [3.8, 4) is 0 Å². The van der Waals surface area contributed by atoms with E-state index in [1.54, 1.807) is 19.1 Å². The molecule has 0 aromatic heterocycles. The summed E-state index contributed by atoms with van der Waals surface area (Å²) < 4.78 is 12.6. The van der Waals surface area contributed by atoms with E-state index in [4.69, 9.17) is 18.0 Å². The molecule has 0 saturated carbocycles. The van der Waals surface area contributed by atoms with Gasteiger partial charge in [0.1, 0.15) is 5.82 Å². The van der Waals surface area contributed by atoms with Crippen molar-refractivity contribution in [1.29, 1.82) is 0 Å². The van der Waals surface area contributed by atoms with Gasteiger partial charge in [-0.05, 0) is 31.0 Å². The van der Waals surface area contributed by atoms with Crippen LogP contribution in [-0.4, -0.2) is 17.4 Å². The number of hydrogen-bond donors (Lipinski definition) is 2. The molecule has 0 aliphatic carbocycles. The van der Waals surface area contributed by atoms with Crippen LogP contribution in [0.3, 0.4) is 0 Å². The number of nitrogens with one attached hydrogen (secondary N) is 1. The largest absolute Gasteiger partial charge is 0.393 e. The summed E-state index contributed by atoms with van der Waals surface area (Å²) in [7, 11) is 0. The molecular formula is C12H15FN2OS. The van der Waals surface area contributed by atoms with E-state index in [0.29, 0.717) is 13.0 Å². The SMILES string of the molecule is CC(C(=O)NCCc1ccc(F)cc1)C(N)=S. The van der Waals surface area contributed by atoms with Crippen LogP contribution in [0.4, 0.5) is 4.39 Å². The van der Waals surface area contributed by atoms with Gasteiger partial charge in [0.15, 0.2) is 0 Å². The molecule has 1 amide bonds. The van der Waals surface area contributed by atoms with Crippen molar-refractivity contribution in [2.75, 3.05) is 6.54 Å². The Labute approximate surface area is 105 Å². The zero-order chi connectivity index (χ0) is 12.8. The molecule has 0 fully saturated rings. The van der Waals surface area contributed by atoms with Crippen molar-refractivity contribution in [1.82, 2.24) is 5.32 Å². The average Bonchev–Trinajstić information content (AvgIpc) is 2.30. The van der Waals surface area contributed by atoms with Crippen LogP contribution >= 0.6 is 12.2 Å². The molecule has 1 unspecified atom stereocenters. The Balaban J connectivity index is 2.35. The minimum Gasteiger partial charge on any atom is -0.393 e. The Morgan fingerprint density at radius 1 is 1.47 bits per heavy atom. The van der Waals surface area contributed by atoms with Gasteiger partial charge in [-0.3, -0.25) is 4.79 Å². The van der Waals surface area contributed by atoms with Gasteiger partial charge < -0.3 is 11.1 Å². The lowest BCUT2D eigenvalue weighted by atomic mass is 10.1. The van der Waals surface area contributed by atoms with Crippen molar-refractivity contribution >= 4 is 23.1 Å². The molecule has 1 rings (SSSR count). The Morgan fingerprint density at radius 2 is 2.06 bits per heavy atom. The lowest BCUT2D eigenvalue weighted by Gasteiger charge is -2.10. The predicted molar refractivity (Wildman–Crippen MR) is 69.1 cm³/mol. The van der Waals surface area contributed by atoms with Crippen LogP contribution in [0.2, 0.25) is 0 Å². The van der Waals surface area contributed by atoms with E-state index in [9.17, 15) is 9.18 Å². The lowest BCUT2D eigenvalue weighted by Crippen LogP contribution is -2.36. The monoisotopic (exact) mass is 254 g/mol. The molecule has 92 valence electrons. The fourth-order valence-electron chi connectivity index (χ4n) is 1.26. The second kappa shape index (κ2) is 6.30. The summed E-state index contributed by atoms with van der Waals surface area (Å²) >= 11 is 4.73. The van der Waals surface area contributed by atoms with Gasteiger partial charge in [0.2, 0.25) is 5.91 Å². The van der Waals surface area contributed by atoms with Crippen molar-refractivity contribution in [3.05, 3.63) is 35.6 Å². The van der Waals surface area contributed by atoms with Crippen molar-refractivity contribution in [2.24, 2.45) is 11.7 Å². The highest BCUT2D eigenvalue weighted by Crippen LogP contribution is 2.03. The summed E-state index contributed by atoms with van der Waals surface area (Å²) in [6, 6.07) is 6.18. The highest BCUT2D eigenvalue weighted by molar-refractivity contribution is 7.80. The fraction of sp³-hybridized carbons (Fsp3) is 0.333. The van der Waals surface area contributed by atoms with Gasteiger partial charge in [-0.1, -0.05) is 24.4 Å². The standard InChI is InChI=1S/C12H15FN2OS/c1-8(11(14)17)12(16)15-7-6-9-2-4-10(13)5-3-9/h2-5,8H,6-7H2,1H3,(H2,14,17)(H,15,16). The van der Waals surface area contributed by atoms with Gasteiger partial charge in [0, 0.05) is 6.54 Å². The molecule has 1 atom stereocenters. The molecule has 0 bridgehead atoms. The molecule has 3 nitrogen and oxygen atoms in total. The summed E-state index contributed by atoms with van der Waals surface area (Å²) in [5, 5.41) is 2.73. The van der Waals surface area contributed by atoms with Crippen LogP contribution in [-0.2, 0) is 11.2 Å². The topological polar surface area (TPSA) is 55.1 Å². The summed E-state index contributed by atoms with van der Waals surface area (Å²) in [6.45, 7) is 2.15. The second-order valence-electron chi connectivity index (χ2n) is 3.79. The molecule has 0 aliphatic rings. The van der Waals surface area contributed by atoms with Gasteiger partial charge in [0.05, 0.1) is 10.9 Å². The fourth-order valence-corrected chi connectivity index (χ4v) is 1.37. The van der Waals surface area contributed by atoms with Crippen molar-refractivity contribution in [3.63, 3.8) is 0 Å². The Kier molecular flexibility index (Phi) is 5.03. The van der Waals surface area contributed by atoms with Crippen LogP contribution in [0, 0.1) is 11.7 Å². The number of hydrogen-bond acceptors (Lipinski definition) is 2. The summed E-state index contributed by atoms with van der Waals surface area (Å²) in [5.74, 6) is -0.905. The number of benzene rings is 1. The maximum Gasteiger partial charge on any atom is 0.229 e. The number of rotatable bonds is 5. The second-order valence-corrected chi connectivity index (χ2v) is 4.26. The quantitative estimate of drug-likeness (QED) is 0.781. The molecule has 5 heteroatoms. The van der Waals surface area contributed by atoms with Crippen LogP contribution in [0.25, 0.3) is 0 Å². The zero-order valence-corrected chi connectivity index (χ0v) is 10.4. The molecule has 17 heavy (non-hydrogen) atoms. The Morgan fingerprint density at radius 3 is 2.59 bits per heavy atom. The predicted octanol–water partition coefficient (Wildman–Crippen LogP) is 1.41. The molecule has 1 aromatic rings. The van der Waals surface area contributed by atoms with Gasteiger partial charge in [-0.2, -0.15) is 0 Å². The highest BCUT2D eigenvalue weighted by atomic mass is 32.1. The van der Waals surface area contributed by atoms with Crippen LogP contribution in [0.15, 0.2) is 24.3 Å². The van der Waals surface area contributed by atoms with Crippen LogP contribution in [0.5, 0.6) is 0 Å². The molecule has 3 N–H and O–H groups in total. The summed E-state index contributed by atoms with van der Waals surface area (Å²) in [6.07, 6.45) is 0.649. The van der Waals surface area contributed by atoms with Gasteiger partial charge in [0.25, 0.3) is 0 Å². The number of halogens is 1. The van der Waals surface area contributed by atoms with E-state index in [1.807, 2.05) is 0 Å². The lowest BCUT2D eigenvalue weighted by molar-refractivity contribution is -0.122.